The Bertz CT molecular complexity index is 1690. The number of ether oxygens (including phenoxy) is 2. The zero-order chi connectivity index (χ0) is 32.0. The Morgan fingerprint density at radius 2 is 1.73 bits per heavy atom. The first-order valence-corrected chi connectivity index (χ1v) is 13.8. The number of halogens is 7. The van der Waals surface area contributed by atoms with Crippen LogP contribution in [0.25, 0.3) is 22.6 Å². The van der Waals surface area contributed by atoms with Crippen molar-refractivity contribution in [2.24, 2.45) is 5.92 Å². The molecule has 44 heavy (non-hydrogen) atoms. The maximum Gasteiger partial charge on any atom is 0.416 e. The molecule has 1 unspecified atom stereocenters. The first kappa shape index (κ1) is 31.4. The van der Waals surface area contributed by atoms with Crippen molar-refractivity contribution in [1.82, 2.24) is 19.5 Å². The van der Waals surface area contributed by atoms with Gasteiger partial charge in [0.05, 0.1) is 35.2 Å². The van der Waals surface area contributed by atoms with E-state index < -0.39 is 47.5 Å². The summed E-state index contributed by atoms with van der Waals surface area (Å²) in [5.41, 5.74) is -3.15. The zero-order valence-corrected chi connectivity index (χ0v) is 24.0. The van der Waals surface area contributed by atoms with Crippen molar-refractivity contribution in [2.75, 3.05) is 6.61 Å². The molecule has 0 saturated heterocycles. The molecule has 0 bridgehead atoms. The summed E-state index contributed by atoms with van der Waals surface area (Å²) in [7, 11) is 0. The molecule has 1 atom stereocenters. The smallest absolute Gasteiger partial charge is 0.416 e. The van der Waals surface area contributed by atoms with E-state index in [4.69, 9.17) is 26.2 Å². The maximum absolute atomic E-state index is 13.6. The molecule has 0 aliphatic heterocycles. The van der Waals surface area contributed by atoms with Gasteiger partial charge < -0.3 is 19.1 Å². The number of aromatic nitrogens is 4. The number of imidazole rings is 1. The van der Waals surface area contributed by atoms with E-state index in [0.29, 0.717) is 17.9 Å². The van der Waals surface area contributed by atoms with E-state index in [0.717, 1.165) is 12.8 Å². The van der Waals surface area contributed by atoms with Crippen LogP contribution in [0.3, 0.4) is 0 Å². The Balaban J connectivity index is 1.59. The van der Waals surface area contributed by atoms with Crippen LogP contribution in [0.2, 0.25) is 5.02 Å². The van der Waals surface area contributed by atoms with Gasteiger partial charge in [0.2, 0.25) is 5.88 Å². The van der Waals surface area contributed by atoms with E-state index in [9.17, 15) is 31.1 Å². The lowest BCUT2D eigenvalue weighted by molar-refractivity contribution is -0.143. The highest BCUT2D eigenvalue weighted by Gasteiger charge is 2.41. The van der Waals surface area contributed by atoms with Gasteiger partial charge in [0.15, 0.2) is 11.2 Å². The van der Waals surface area contributed by atoms with Crippen LogP contribution in [0, 0.1) is 5.92 Å². The predicted octanol–water partition coefficient (Wildman–Crippen LogP) is 7.65. The largest absolute Gasteiger partial charge is 0.494 e. The van der Waals surface area contributed by atoms with Crippen LogP contribution in [0.4, 0.5) is 26.3 Å². The maximum atomic E-state index is 13.6. The number of carboxylic acid groups (broad SMARTS) is 1. The van der Waals surface area contributed by atoms with Crippen LogP contribution < -0.4 is 9.47 Å². The average molecular weight is 643 g/mol. The number of alkyl halides is 6. The number of fused-ring (bicyclic) bond motifs is 1. The lowest BCUT2D eigenvalue weighted by Gasteiger charge is -2.16. The summed E-state index contributed by atoms with van der Waals surface area (Å²) in [5.74, 6) is -1.08. The first-order valence-electron chi connectivity index (χ1n) is 13.4. The van der Waals surface area contributed by atoms with Crippen molar-refractivity contribution < 1.29 is 45.7 Å². The van der Waals surface area contributed by atoms with Crippen LogP contribution in [-0.2, 0) is 23.7 Å². The number of benzene rings is 2. The number of hydrogen-bond donors (Lipinski definition) is 1. The third-order valence-corrected chi connectivity index (χ3v) is 7.52. The van der Waals surface area contributed by atoms with Gasteiger partial charge in [-0.15, -0.1) is 0 Å². The molecular weight excluding hydrogens is 618 g/mol. The molecule has 2 heterocycles. The molecule has 8 nitrogen and oxygen atoms in total. The van der Waals surface area contributed by atoms with E-state index in [-0.39, 0.29) is 58.1 Å². The average Bonchev–Trinajstić information content (AvgIpc) is 3.55. The van der Waals surface area contributed by atoms with E-state index >= 15 is 0 Å². The second-order valence-electron chi connectivity index (χ2n) is 10.9. The summed E-state index contributed by atoms with van der Waals surface area (Å²) in [4.78, 5) is 24.1. The van der Waals surface area contributed by atoms with Crippen molar-refractivity contribution in [3.8, 4) is 23.0 Å². The number of hydrogen-bond acceptors (Lipinski definition) is 6. The fraction of sp³-hybridized carbons (Fsp3) is 0.379. The monoisotopic (exact) mass is 642 g/mol. The fourth-order valence-corrected chi connectivity index (χ4v) is 4.65. The minimum atomic E-state index is -5.03. The number of aliphatic carboxylic acids is 1. The first-order chi connectivity index (χ1) is 20.5. The Kier molecular flexibility index (Phi) is 8.16. The molecule has 234 valence electrons. The topological polar surface area (TPSA) is 99.4 Å². The Morgan fingerprint density at radius 1 is 1.07 bits per heavy atom. The molecule has 0 amide bonds. The molecule has 4 aromatic rings. The van der Waals surface area contributed by atoms with Crippen molar-refractivity contribution in [2.45, 2.75) is 57.6 Å². The Labute approximate surface area is 251 Å². The van der Waals surface area contributed by atoms with Crippen LogP contribution >= 0.6 is 11.6 Å². The zero-order valence-electron chi connectivity index (χ0n) is 23.3. The Hall–Kier alpha value is -4.07. The van der Waals surface area contributed by atoms with Gasteiger partial charge in [-0.25, -0.2) is 9.97 Å². The minimum Gasteiger partial charge on any atom is -0.494 e. The highest BCUT2D eigenvalue weighted by molar-refractivity contribution is 6.33. The van der Waals surface area contributed by atoms with Gasteiger partial charge in [0, 0.05) is 5.56 Å². The van der Waals surface area contributed by atoms with Crippen LogP contribution in [-0.4, -0.2) is 42.8 Å². The fourth-order valence-electron chi connectivity index (χ4n) is 4.39. The van der Waals surface area contributed by atoms with Gasteiger partial charge in [-0.05, 0) is 68.1 Å². The van der Waals surface area contributed by atoms with Crippen LogP contribution in [0.5, 0.6) is 11.6 Å². The number of carboxylic acids is 1. The third-order valence-electron chi connectivity index (χ3n) is 7.21. The molecule has 0 spiro atoms. The van der Waals surface area contributed by atoms with Crippen molar-refractivity contribution in [1.29, 1.82) is 0 Å². The lowest BCUT2D eigenvalue weighted by Crippen LogP contribution is -2.14. The summed E-state index contributed by atoms with van der Waals surface area (Å²) < 4.78 is 94.7. The number of nitrogens with zero attached hydrogens (tertiary/aromatic N) is 4. The highest BCUT2D eigenvalue weighted by atomic mass is 35.5. The van der Waals surface area contributed by atoms with Gasteiger partial charge >= 0.3 is 18.3 Å². The second kappa shape index (κ2) is 11.5. The molecule has 1 aliphatic rings. The van der Waals surface area contributed by atoms with Gasteiger partial charge in [-0.2, -0.15) is 31.3 Å². The molecule has 5 rings (SSSR count). The summed E-state index contributed by atoms with van der Waals surface area (Å²) in [5, 5.41) is 9.16. The lowest BCUT2D eigenvalue weighted by atomic mass is 10.0. The molecule has 15 heteroatoms. The van der Waals surface area contributed by atoms with Crippen molar-refractivity contribution in [3.63, 3.8) is 0 Å². The van der Waals surface area contributed by atoms with E-state index in [1.54, 1.807) is 6.92 Å². The SMILES string of the molecule is CC(CCOc1ccc(-c2nc3c(OC4(C)CC4)ncnc3n2Cc2cc(C(F)(F)F)cc(C(F)(F)F)c2)c(Cl)c1)C(=O)O. The standard InChI is InChI=1S/C29H25ClF6N4O4/c1-15(26(41)42)5-8-43-19-3-4-20(21(30)12-19)23-39-22-24(37-14-38-25(22)44-27(2)6-7-27)40(23)13-16-9-17(28(31,32)33)11-18(10-16)29(34,35)36/h3-4,9-12,14-15H,5-8,13H2,1-2H3,(H,41,42). The number of carbonyl (C=O) groups is 1. The van der Waals surface area contributed by atoms with Gasteiger partial charge in [-0.1, -0.05) is 18.5 Å². The van der Waals surface area contributed by atoms with E-state index in [1.807, 2.05) is 6.92 Å². The summed E-state index contributed by atoms with van der Waals surface area (Å²) in [6.45, 7) is 3.02. The van der Waals surface area contributed by atoms with Gasteiger partial charge in [0.25, 0.3) is 0 Å². The predicted molar refractivity (Wildman–Crippen MR) is 146 cm³/mol. The van der Waals surface area contributed by atoms with Crippen molar-refractivity contribution in [3.05, 3.63) is 64.4 Å². The van der Waals surface area contributed by atoms with Crippen LogP contribution in [0.1, 0.15) is 49.8 Å². The van der Waals surface area contributed by atoms with E-state index in [2.05, 4.69) is 15.0 Å². The highest BCUT2D eigenvalue weighted by Crippen LogP contribution is 2.42. The molecular formula is C29H25ClF6N4O4. The molecule has 2 aromatic carbocycles. The molecule has 1 N–H and O–H groups in total. The molecule has 1 fully saturated rings. The molecule has 0 radical (unpaired) electrons. The molecule has 1 saturated carbocycles. The minimum absolute atomic E-state index is 0.0632. The Morgan fingerprint density at radius 3 is 2.30 bits per heavy atom. The molecule has 1 aliphatic carbocycles. The van der Waals surface area contributed by atoms with Gasteiger partial charge in [-0.3, -0.25) is 4.79 Å². The number of rotatable bonds is 10. The summed E-state index contributed by atoms with van der Waals surface area (Å²) in [6, 6.07) is 5.87. The van der Waals surface area contributed by atoms with Crippen molar-refractivity contribution >= 4 is 28.7 Å². The normalized spacial score (nSPS) is 15.3. The van der Waals surface area contributed by atoms with Crippen LogP contribution in [0.15, 0.2) is 42.7 Å². The molecule has 2 aromatic heterocycles. The quantitative estimate of drug-likeness (QED) is 0.177. The summed E-state index contributed by atoms with van der Waals surface area (Å²) >= 11 is 6.59. The summed E-state index contributed by atoms with van der Waals surface area (Å²) in [6.07, 6.45) is -7.12. The van der Waals surface area contributed by atoms with Gasteiger partial charge in [0.1, 0.15) is 23.5 Å². The van der Waals surface area contributed by atoms with E-state index in [1.165, 1.54) is 29.1 Å². The second-order valence-corrected chi connectivity index (χ2v) is 11.3. The third kappa shape index (κ3) is 6.85.